The van der Waals surface area contributed by atoms with Crippen LogP contribution in [0.15, 0.2) is 23.6 Å². The van der Waals surface area contributed by atoms with Crippen LogP contribution in [0.2, 0.25) is 0 Å². The molecule has 0 amide bonds. The van der Waals surface area contributed by atoms with Gasteiger partial charge >= 0.3 is 0 Å². The highest BCUT2D eigenvalue weighted by atomic mass is 32.1. The number of hydrogen-bond acceptors (Lipinski definition) is 3. The van der Waals surface area contributed by atoms with Crippen LogP contribution in [0, 0.1) is 19.7 Å². The van der Waals surface area contributed by atoms with Crippen LogP contribution >= 0.6 is 11.3 Å². The van der Waals surface area contributed by atoms with E-state index in [1.165, 1.54) is 17.4 Å². The fourth-order valence-corrected chi connectivity index (χ4v) is 2.85. The Hall–Kier alpha value is -1.39. The molecule has 1 heterocycles. The maximum atomic E-state index is 13.9. The predicted molar refractivity (Wildman–Crippen MR) is 70.8 cm³/mol. The summed E-state index contributed by atoms with van der Waals surface area (Å²) in [4.78, 5) is 0.678. The van der Waals surface area contributed by atoms with Crippen LogP contribution in [-0.2, 0) is 0 Å². The summed E-state index contributed by atoms with van der Waals surface area (Å²) in [6.07, 6.45) is -0.945. The normalized spacial score (nSPS) is 12.5. The molecule has 1 aromatic carbocycles. The van der Waals surface area contributed by atoms with Crippen molar-refractivity contribution in [1.82, 2.24) is 0 Å². The molecule has 0 saturated carbocycles. The Morgan fingerprint density at radius 2 is 2.00 bits per heavy atom. The van der Waals surface area contributed by atoms with Crippen molar-refractivity contribution < 1.29 is 14.2 Å². The van der Waals surface area contributed by atoms with Gasteiger partial charge in [0.2, 0.25) is 0 Å². The monoisotopic (exact) mass is 266 g/mol. The molecule has 0 fully saturated rings. The minimum Gasteiger partial charge on any atom is -0.496 e. The number of ether oxygens (including phenoxy) is 1. The number of methoxy groups -OCH3 is 1. The van der Waals surface area contributed by atoms with Crippen molar-refractivity contribution in [2.24, 2.45) is 0 Å². The number of thiophene rings is 1. The average Bonchev–Trinajstić information content (AvgIpc) is 2.75. The minimum atomic E-state index is -0.945. The van der Waals surface area contributed by atoms with Crippen LogP contribution in [0.25, 0.3) is 0 Å². The van der Waals surface area contributed by atoms with Gasteiger partial charge in [-0.1, -0.05) is 6.07 Å². The predicted octanol–water partition coefficient (Wildman–Crippen LogP) is 3.59. The molecular formula is C14H15FO2S. The maximum absolute atomic E-state index is 13.9. The van der Waals surface area contributed by atoms with Gasteiger partial charge in [-0.05, 0) is 37.1 Å². The molecule has 0 aliphatic carbocycles. The van der Waals surface area contributed by atoms with E-state index in [-0.39, 0.29) is 5.82 Å². The first-order chi connectivity index (χ1) is 8.52. The first-order valence-electron chi connectivity index (χ1n) is 5.60. The van der Waals surface area contributed by atoms with Crippen molar-refractivity contribution in [3.63, 3.8) is 0 Å². The molecular weight excluding hydrogens is 251 g/mol. The first-order valence-corrected chi connectivity index (χ1v) is 6.48. The number of hydrogen-bond donors (Lipinski definition) is 1. The third-order valence-electron chi connectivity index (χ3n) is 2.86. The molecule has 2 aromatic rings. The summed E-state index contributed by atoms with van der Waals surface area (Å²) in [5.41, 5.74) is 1.95. The lowest BCUT2D eigenvalue weighted by molar-refractivity contribution is 0.217. The van der Waals surface area contributed by atoms with Crippen LogP contribution in [-0.4, -0.2) is 12.2 Å². The van der Waals surface area contributed by atoms with Crippen molar-refractivity contribution >= 4 is 11.3 Å². The Labute approximate surface area is 110 Å². The van der Waals surface area contributed by atoms with Gasteiger partial charge in [0.25, 0.3) is 0 Å². The average molecular weight is 266 g/mol. The topological polar surface area (TPSA) is 29.5 Å². The standard InChI is InChI=1S/C14H15FO2S/c1-8-4-9(2)13(11(15)5-8)14(16)12-6-10(17-3)7-18-12/h4-7,14,16H,1-3H3. The van der Waals surface area contributed by atoms with E-state index in [9.17, 15) is 9.50 Å². The Morgan fingerprint density at radius 3 is 2.56 bits per heavy atom. The molecule has 1 unspecified atom stereocenters. The van der Waals surface area contributed by atoms with E-state index in [0.29, 0.717) is 16.2 Å². The van der Waals surface area contributed by atoms with Crippen LogP contribution in [0.4, 0.5) is 4.39 Å². The zero-order valence-electron chi connectivity index (χ0n) is 10.5. The Morgan fingerprint density at radius 1 is 1.28 bits per heavy atom. The van der Waals surface area contributed by atoms with Crippen LogP contribution in [0.3, 0.4) is 0 Å². The molecule has 0 spiro atoms. The van der Waals surface area contributed by atoms with Crippen molar-refractivity contribution in [3.05, 3.63) is 51.0 Å². The first kappa shape index (κ1) is 13.1. The second-order valence-electron chi connectivity index (χ2n) is 4.27. The SMILES string of the molecule is COc1csc(C(O)c2c(C)cc(C)cc2F)c1. The lowest BCUT2D eigenvalue weighted by Crippen LogP contribution is -2.04. The Balaban J connectivity index is 2.42. The third-order valence-corrected chi connectivity index (χ3v) is 3.82. The highest BCUT2D eigenvalue weighted by Crippen LogP contribution is 2.33. The van der Waals surface area contributed by atoms with Crippen molar-refractivity contribution in [2.75, 3.05) is 7.11 Å². The molecule has 2 nitrogen and oxygen atoms in total. The highest BCUT2D eigenvalue weighted by molar-refractivity contribution is 7.10. The summed E-state index contributed by atoms with van der Waals surface area (Å²) < 4.78 is 19.0. The molecule has 96 valence electrons. The molecule has 1 atom stereocenters. The van der Waals surface area contributed by atoms with E-state index in [4.69, 9.17) is 4.74 Å². The molecule has 1 N–H and O–H groups in total. The van der Waals surface area contributed by atoms with E-state index < -0.39 is 6.10 Å². The molecule has 0 bridgehead atoms. The molecule has 1 aromatic heterocycles. The number of rotatable bonds is 3. The van der Waals surface area contributed by atoms with Crippen LogP contribution in [0.5, 0.6) is 5.75 Å². The van der Waals surface area contributed by atoms with Gasteiger partial charge in [-0.2, -0.15) is 0 Å². The Bertz CT molecular complexity index is 540. The lowest BCUT2D eigenvalue weighted by Gasteiger charge is -2.14. The van der Waals surface area contributed by atoms with Gasteiger partial charge in [0.05, 0.1) is 7.11 Å². The number of halogens is 1. The molecule has 0 aliphatic rings. The fraction of sp³-hybridized carbons (Fsp3) is 0.286. The molecule has 0 saturated heterocycles. The van der Waals surface area contributed by atoms with E-state index in [2.05, 4.69) is 0 Å². The van der Waals surface area contributed by atoms with Crippen molar-refractivity contribution in [1.29, 1.82) is 0 Å². The number of aliphatic hydroxyl groups is 1. The number of benzene rings is 1. The molecule has 18 heavy (non-hydrogen) atoms. The highest BCUT2D eigenvalue weighted by Gasteiger charge is 2.19. The van der Waals surface area contributed by atoms with Crippen LogP contribution in [0.1, 0.15) is 27.7 Å². The smallest absolute Gasteiger partial charge is 0.129 e. The van der Waals surface area contributed by atoms with Gasteiger partial charge in [-0.3, -0.25) is 0 Å². The van der Waals surface area contributed by atoms with E-state index in [0.717, 1.165) is 11.1 Å². The second-order valence-corrected chi connectivity index (χ2v) is 5.21. The minimum absolute atomic E-state index is 0.338. The van der Waals surface area contributed by atoms with Gasteiger partial charge in [0.1, 0.15) is 17.7 Å². The van der Waals surface area contributed by atoms with E-state index in [1.54, 1.807) is 25.5 Å². The van der Waals surface area contributed by atoms with Gasteiger partial charge in [0.15, 0.2) is 0 Å². The lowest BCUT2D eigenvalue weighted by atomic mass is 9.99. The van der Waals surface area contributed by atoms with Gasteiger partial charge in [-0.25, -0.2) is 4.39 Å². The summed E-state index contributed by atoms with van der Waals surface area (Å²) >= 11 is 1.36. The molecule has 0 radical (unpaired) electrons. The van der Waals surface area contributed by atoms with Crippen LogP contribution < -0.4 is 4.74 Å². The molecule has 2 rings (SSSR count). The number of aliphatic hydroxyl groups excluding tert-OH is 1. The maximum Gasteiger partial charge on any atom is 0.129 e. The molecule has 4 heteroatoms. The largest absolute Gasteiger partial charge is 0.496 e. The third kappa shape index (κ3) is 2.40. The van der Waals surface area contributed by atoms with Gasteiger partial charge < -0.3 is 9.84 Å². The van der Waals surface area contributed by atoms with Gasteiger partial charge in [0, 0.05) is 15.8 Å². The molecule has 0 aliphatic heterocycles. The summed E-state index contributed by atoms with van der Waals surface area (Å²) in [5.74, 6) is 0.312. The Kier molecular flexibility index (Phi) is 3.68. The fourth-order valence-electron chi connectivity index (χ4n) is 2.00. The van der Waals surface area contributed by atoms with E-state index in [1.807, 2.05) is 13.0 Å². The zero-order valence-corrected chi connectivity index (χ0v) is 11.3. The van der Waals surface area contributed by atoms with Gasteiger partial charge in [-0.15, -0.1) is 11.3 Å². The van der Waals surface area contributed by atoms with Crippen molar-refractivity contribution in [2.45, 2.75) is 20.0 Å². The number of aryl methyl sites for hydroxylation is 2. The summed E-state index contributed by atoms with van der Waals surface area (Å²) in [6, 6.07) is 5.04. The zero-order chi connectivity index (χ0) is 13.3. The second kappa shape index (κ2) is 5.08. The summed E-state index contributed by atoms with van der Waals surface area (Å²) in [7, 11) is 1.57. The van der Waals surface area contributed by atoms with Crippen molar-refractivity contribution in [3.8, 4) is 5.75 Å². The summed E-state index contributed by atoms with van der Waals surface area (Å²) in [6.45, 7) is 3.64. The quantitative estimate of drug-likeness (QED) is 0.920. The van der Waals surface area contributed by atoms with E-state index >= 15 is 0 Å². The summed E-state index contributed by atoms with van der Waals surface area (Å²) in [5, 5.41) is 12.1.